The predicted octanol–water partition coefficient (Wildman–Crippen LogP) is 5.75. The Hall–Kier alpha value is -4.97. The van der Waals surface area contributed by atoms with Gasteiger partial charge in [0.15, 0.2) is 0 Å². The predicted molar refractivity (Wildman–Crippen MR) is 158 cm³/mol. The molecule has 2 aromatic carbocycles. The molecule has 10 nitrogen and oxygen atoms in total. The largest absolute Gasteiger partial charge is 0.734 e. The van der Waals surface area contributed by atoms with Crippen molar-refractivity contribution in [3.63, 3.8) is 0 Å². The highest BCUT2D eigenvalue weighted by Crippen LogP contribution is 2.26. The van der Waals surface area contributed by atoms with Crippen LogP contribution < -0.4 is 21.3 Å². The smallest absolute Gasteiger partial charge is 0.267 e. The number of nitrogens with one attached hydrogen (secondary N) is 4. The van der Waals surface area contributed by atoms with E-state index < -0.39 is 0 Å². The third kappa shape index (κ3) is 6.91. The van der Waals surface area contributed by atoms with E-state index in [1.54, 1.807) is 42.9 Å². The number of anilines is 3. The van der Waals surface area contributed by atoms with E-state index in [0.29, 0.717) is 29.3 Å². The van der Waals surface area contributed by atoms with Gasteiger partial charge in [0.1, 0.15) is 10.7 Å². The van der Waals surface area contributed by atoms with Crippen molar-refractivity contribution in [1.82, 2.24) is 20.5 Å². The molecule has 1 amide bonds. The van der Waals surface area contributed by atoms with Crippen LogP contribution in [0.4, 0.5) is 17.1 Å². The van der Waals surface area contributed by atoms with Crippen molar-refractivity contribution in [3.8, 4) is 0 Å². The molecule has 11 heteroatoms. The molecule has 5 rings (SSSR count). The number of hydrogen-bond donors (Lipinski definition) is 5. The minimum Gasteiger partial charge on any atom is -0.734 e. The molecule has 0 unspecified atom stereocenters. The lowest BCUT2D eigenvalue weighted by Crippen LogP contribution is -2.22. The Morgan fingerprint density at radius 2 is 1.82 bits per heavy atom. The van der Waals surface area contributed by atoms with Crippen LogP contribution in [0.1, 0.15) is 20.8 Å². The van der Waals surface area contributed by atoms with Crippen LogP contribution in [0.5, 0.6) is 0 Å². The van der Waals surface area contributed by atoms with Crippen molar-refractivity contribution in [2.45, 2.75) is 13.1 Å². The topological polar surface area (TPSA) is 138 Å². The van der Waals surface area contributed by atoms with Gasteiger partial charge in [-0.15, -0.1) is 11.3 Å². The normalized spacial score (nSPS) is 11.2. The van der Waals surface area contributed by atoms with E-state index in [2.05, 4.69) is 31.2 Å². The van der Waals surface area contributed by atoms with Crippen LogP contribution in [0, 0.1) is 5.21 Å². The number of carbonyl (C=O) groups excluding carboxylic acids is 1. The SMILES string of the molecule is O=C(Nc1cccc(N/C(=C/N([O-])O)NCc2cccnc2)c1)c1sccc1NCc1ccnc2ccccc12. The number of fused-ring (bicyclic) bond motifs is 1. The van der Waals surface area contributed by atoms with Gasteiger partial charge in [0.25, 0.3) is 5.91 Å². The van der Waals surface area contributed by atoms with Gasteiger partial charge in [0.2, 0.25) is 0 Å². The summed E-state index contributed by atoms with van der Waals surface area (Å²) < 4.78 is 0. The summed E-state index contributed by atoms with van der Waals surface area (Å²) >= 11 is 1.35. The molecule has 0 fully saturated rings. The first-order chi connectivity index (χ1) is 19.5. The number of amides is 1. The lowest BCUT2D eigenvalue weighted by atomic mass is 10.1. The lowest BCUT2D eigenvalue weighted by Gasteiger charge is -2.21. The minimum absolute atomic E-state index is 0.249. The number of thiophene rings is 1. The van der Waals surface area contributed by atoms with Crippen LogP contribution in [0.2, 0.25) is 0 Å². The number of nitrogens with zero attached hydrogens (tertiary/aromatic N) is 3. The molecule has 0 radical (unpaired) electrons. The summed E-state index contributed by atoms with van der Waals surface area (Å²) in [7, 11) is 0. The van der Waals surface area contributed by atoms with Gasteiger partial charge in [-0.05, 0) is 59.0 Å². The van der Waals surface area contributed by atoms with Gasteiger partial charge in [0, 0.05) is 48.4 Å². The van der Waals surface area contributed by atoms with Crippen LogP contribution >= 0.6 is 11.3 Å². The van der Waals surface area contributed by atoms with E-state index in [0.717, 1.165) is 33.9 Å². The Balaban J connectivity index is 1.24. The fourth-order valence-electron chi connectivity index (χ4n) is 4.07. The first kappa shape index (κ1) is 26.6. The number of aromatic nitrogens is 2. The number of hydrogen-bond acceptors (Lipinski definition) is 10. The van der Waals surface area contributed by atoms with Gasteiger partial charge in [-0.3, -0.25) is 20.0 Å². The van der Waals surface area contributed by atoms with E-state index >= 15 is 0 Å². The number of para-hydroxylation sites is 1. The fourth-order valence-corrected chi connectivity index (χ4v) is 4.84. The fraction of sp³-hybridized carbons (Fsp3) is 0.0690. The Morgan fingerprint density at radius 3 is 2.65 bits per heavy atom. The van der Waals surface area contributed by atoms with Crippen molar-refractivity contribution in [3.05, 3.63) is 130 Å². The number of rotatable bonds is 11. The number of hydroxylamine groups is 2. The molecule has 0 bridgehead atoms. The lowest BCUT2D eigenvalue weighted by molar-refractivity contribution is 0.0106. The summed E-state index contributed by atoms with van der Waals surface area (Å²) in [6.45, 7) is 0.919. The summed E-state index contributed by atoms with van der Waals surface area (Å²) in [6.07, 6.45) is 6.12. The first-order valence-electron chi connectivity index (χ1n) is 12.4. The summed E-state index contributed by atoms with van der Waals surface area (Å²) in [5.74, 6) is 0.0130. The van der Waals surface area contributed by atoms with Crippen LogP contribution in [0.15, 0.2) is 109 Å². The molecule has 5 aromatic rings. The van der Waals surface area contributed by atoms with E-state index in [-0.39, 0.29) is 17.0 Å². The second-order valence-corrected chi connectivity index (χ2v) is 9.64. The number of benzene rings is 2. The zero-order valence-corrected chi connectivity index (χ0v) is 22.1. The van der Waals surface area contributed by atoms with Crippen molar-refractivity contribution in [1.29, 1.82) is 0 Å². The monoisotopic (exact) mass is 552 g/mol. The molecule has 0 saturated carbocycles. The maximum atomic E-state index is 13.2. The van der Waals surface area contributed by atoms with Gasteiger partial charge in [-0.2, -0.15) is 0 Å². The van der Waals surface area contributed by atoms with Crippen LogP contribution in [-0.2, 0) is 13.1 Å². The molecule has 40 heavy (non-hydrogen) atoms. The molecule has 202 valence electrons. The molecule has 3 heterocycles. The molecule has 0 atom stereocenters. The average molecular weight is 553 g/mol. The van der Waals surface area contributed by atoms with Gasteiger partial charge in [-0.25, -0.2) is 0 Å². The second-order valence-electron chi connectivity index (χ2n) is 8.72. The Labute approximate surface area is 234 Å². The maximum absolute atomic E-state index is 13.2. The third-order valence-corrected chi connectivity index (χ3v) is 6.84. The molecule has 0 aliphatic rings. The van der Waals surface area contributed by atoms with Crippen LogP contribution in [-0.4, -0.2) is 26.3 Å². The Bertz CT molecular complexity index is 1620. The zero-order valence-electron chi connectivity index (χ0n) is 21.2. The molecule has 0 spiro atoms. The molecule has 5 N–H and O–H groups in total. The Kier molecular flexibility index (Phi) is 8.47. The van der Waals surface area contributed by atoms with Gasteiger partial charge >= 0.3 is 0 Å². The number of pyridine rings is 2. The van der Waals surface area contributed by atoms with Crippen LogP contribution in [0.3, 0.4) is 0 Å². The van der Waals surface area contributed by atoms with Gasteiger partial charge < -0.3 is 31.7 Å². The van der Waals surface area contributed by atoms with E-state index in [1.807, 2.05) is 53.9 Å². The zero-order chi connectivity index (χ0) is 27.7. The van der Waals surface area contributed by atoms with Crippen molar-refractivity contribution in [2.24, 2.45) is 0 Å². The highest BCUT2D eigenvalue weighted by molar-refractivity contribution is 7.12. The quantitative estimate of drug-likeness (QED) is 0.130. The third-order valence-electron chi connectivity index (χ3n) is 5.92. The van der Waals surface area contributed by atoms with Crippen LogP contribution in [0.25, 0.3) is 10.9 Å². The summed E-state index contributed by atoms with van der Waals surface area (Å²) in [5.41, 5.74) is 4.79. The standard InChI is InChI=1S/C29H26N7O3S/c37-29(28-26(11-14-40-28)32-18-21-10-13-31-25-9-2-1-8-24(21)25)35-23-7-3-6-22(15-23)34-27(19-36(38)39)33-17-20-5-4-12-30-16-20/h1-16,19,32-34,38H,17-18H2,(H,35,37)/q-1/b27-19+. The molecule has 3 aromatic heterocycles. The molecule has 0 saturated heterocycles. The minimum atomic E-state index is -0.287. The summed E-state index contributed by atoms with van der Waals surface area (Å²) in [4.78, 5) is 22.2. The summed E-state index contributed by atoms with van der Waals surface area (Å²) in [5, 5.41) is 35.6. The number of carbonyl (C=O) groups is 1. The average Bonchev–Trinajstić information content (AvgIpc) is 3.44. The highest BCUT2D eigenvalue weighted by atomic mass is 32.1. The molecular weight excluding hydrogens is 526 g/mol. The highest BCUT2D eigenvalue weighted by Gasteiger charge is 2.14. The van der Waals surface area contributed by atoms with E-state index in [4.69, 9.17) is 0 Å². The molecule has 0 aliphatic carbocycles. The molecule has 0 aliphatic heterocycles. The van der Waals surface area contributed by atoms with E-state index in [1.165, 1.54) is 11.3 Å². The Morgan fingerprint density at radius 1 is 0.975 bits per heavy atom. The molecular formula is C29H26N7O3S-. The van der Waals surface area contributed by atoms with Gasteiger partial charge in [0.05, 0.1) is 17.4 Å². The summed E-state index contributed by atoms with van der Waals surface area (Å²) in [6, 6.07) is 22.5. The van der Waals surface area contributed by atoms with Crippen molar-refractivity contribution >= 4 is 45.2 Å². The van der Waals surface area contributed by atoms with Crippen molar-refractivity contribution < 1.29 is 10.0 Å². The second kappa shape index (κ2) is 12.7. The maximum Gasteiger partial charge on any atom is 0.267 e. The van der Waals surface area contributed by atoms with Crippen molar-refractivity contribution in [2.75, 3.05) is 16.0 Å². The van der Waals surface area contributed by atoms with Gasteiger partial charge in [-0.1, -0.05) is 30.3 Å². The first-order valence-corrected chi connectivity index (χ1v) is 13.3. The van der Waals surface area contributed by atoms with E-state index in [9.17, 15) is 15.2 Å².